The molecule has 2 aliphatic heterocycles. The summed E-state index contributed by atoms with van der Waals surface area (Å²) in [6.45, 7) is 7.35. The monoisotopic (exact) mass is 230 g/mol. The van der Waals surface area contributed by atoms with E-state index in [-0.39, 0.29) is 17.0 Å². The van der Waals surface area contributed by atoms with Crippen molar-refractivity contribution in [1.29, 1.82) is 0 Å². The third-order valence-electron chi connectivity index (χ3n) is 4.57. The van der Waals surface area contributed by atoms with Crippen LogP contribution >= 0.6 is 0 Å². The summed E-state index contributed by atoms with van der Waals surface area (Å²) in [5, 5.41) is 3.18. The van der Waals surface area contributed by atoms with E-state index in [4.69, 9.17) is 0 Å². The highest BCUT2D eigenvalue weighted by Crippen LogP contribution is 2.51. The highest BCUT2D eigenvalue weighted by Gasteiger charge is 2.55. The van der Waals surface area contributed by atoms with Crippen molar-refractivity contribution in [2.24, 2.45) is 0 Å². The van der Waals surface area contributed by atoms with Crippen molar-refractivity contribution in [3.8, 4) is 0 Å². The molecule has 1 aromatic rings. The van der Waals surface area contributed by atoms with E-state index in [1.54, 1.807) is 0 Å². The molecule has 2 heterocycles. The summed E-state index contributed by atoms with van der Waals surface area (Å²) in [5.74, 6) is 0.157. The van der Waals surface area contributed by atoms with Gasteiger partial charge in [0.25, 0.3) is 0 Å². The van der Waals surface area contributed by atoms with Gasteiger partial charge < -0.3 is 10.2 Å². The number of hydrogen-bond acceptors (Lipinski definition) is 2. The predicted molar refractivity (Wildman–Crippen MR) is 68.0 cm³/mol. The topological polar surface area (TPSA) is 32.3 Å². The van der Waals surface area contributed by atoms with Crippen LogP contribution in [0.3, 0.4) is 0 Å². The first-order valence-corrected chi connectivity index (χ1v) is 6.15. The first-order chi connectivity index (χ1) is 7.97. The highest BCUT2D eigenvalue weighted by molar-refractivity contribution is 5.82. The maximum absolute atomic E-state index is 11.7. The second-order valence-electron chi connectivity index (χ2n) is 5.66. The van der Waals surface area contributed by atoms with E-state index < -0.39 is 0 Å². The third kappa shape index (κ3) is 1.14. The molecule has 0 aliphatic carbocycles. The van der Waals surface area contributed by atoms with Crippen LogP contribution in [0.2, 0.25) is 0 Å². The Morgan fingerprint density at radius 1 is 1.24 bits per heavy atom. The van der Waals surface area contributed by atoms with Gasteiger partial charge in [0.1, 0.15) is 5.66 Å². The summed E-state index contributed by atoms with van der Waals surface area (Å²) in [4.78, 5) is 14.0. The van der Waals surface area contributed by atoms with Crippen LogP contribution in [0.25, 0.3) is 0 Å². The smallest absolute Gasteiger partial charge is 0.223 e. The van der Waals surface area contributed by atoms with Gasteiger partial charge in [-0.1, -0.05) is 32.0 Å². The molecule has 1 N–H and O–H groups in total. The van der Waals surface area contributed by atoms with Crippen LogP contribution in [0, 0.1) is 0 Å². The molecule has 0 saturated carbocycles. The van der Waals surface area contributed by atoms with Gasteiger partial charge in [0.2, 0.25) is 5.91 Å². The number of hydrogen-bond donors (Lipinski definition) is 1. The summed E-state index contributed by atoms with van der Waals surface area (Å²) in [6.07, 6.45) is 0.583. The summed E-state index contributed by atoms with van der Waals surface area (Å²) >= 11 is 0. The fraction of sp³-hybridized carbons (Fsp3) is 0.500. The Kier molecular flexibility index (Phi) is 1.90. The van der Waals surface area contributed by atoms with E-state index in [1.165, 1.54) is 11.3 Å². The van der Waals surface area contributed by atoms with Crippen LogP contribution in [-0.4, -0.2) is 18.1 Å². The molecule has 3 rings (SSSR count). The van der Waals surface area contributed by atoms with Crippen molar-refractivity contribution < 1.29 is 4.79 Å². The van der Waals surface area contributed by atoms with Gasteiger partial charge in [0.05, 0.1) is 0 Å². The molecule has 0 aromatic heterocycles. The van der Waals surface area contributed by atoms with Crippen LogP contribution in [0.4, 0.5) is 5.69 Å². The van der Waals surface area contributed by atoms with Crippen molar-refractivity contribution >= 4 is 11.6 Å². The predicted octanol–water partition coefficient (Wildman–Crippen LogP) is 2.02. The Hall–Kier alpha value is -1.51. The standard InChI is InChI=1S/C14H18N2O/c1-13(2)10-6-4-5-7-11(10)16-9-8-12(17)15-14(13,16)3/h4-7H,8-9H2,1-3H3,(H,15,17)/t14-/m1/s1. The molecule has 0 radical (unpaired) electrons. The maximum atomic E-state index is 11.7. The lowest BCUT2D eigenvalue weighted by atomic mass is 9.76. The molecule has 1 amide bonds. The summed E-state index contributed by atoms with van der Waals surface area (Å²) in [5.41, 5.74) is 2.22. The summed E-state index contributed by atoms with van der Waals surface area (Å²) in [6, 6.07) is 8.46. The Balaban J connectivity index is 2.20. The van der Waals surface area contributed by atoms with Gasteiger partial charge in [-0.2, -0.15) is 0 Å². The molecule has 2 aliphatic rings. The molecule has 90 valence electrons. The summed E-state index contributed by atoms with van der Waals surface area (Å²) in [7, 11) is 0. The first-order valence-electron chi connectivity index (χ1n) is 6.15. The molecule has 3 nitrogen and oxygen atoms in total. The van der Waals surface area contributed by atoms with Gasteiger partial charge in [-0.25, -0.2) is 0 Å². The van der Waals surface area contributed by atoms with E-state index in [9.17, 15) is 4.79 Å². The van der Waals surface area contributed by atoms with Gasteiger partial charge in [-0.3, -0.25) is 4.79 Å². The molecule has 0 spiro atoms. The number of benzene rings is 1. The molecule has 0 bridgehead atoms. The lowest BCUT2D eigenvalue weighted by Gasteiger charge is -2.48. The van der Waals surface area contributed by atoms with Gasteiger partial charge in [-0.05, 0) is 18.6 Å². The molecular weight excluding hydrogens is 212 g/mol. The second kappa shape index (κ2) is 3.03. The minimum Gasteiger partial charge on any atom is -0.347 e. The van der Waals surface area contributed by atoms with Crippen LogP contribution in [0.1, 0.15) is 32.8 Å². The lowest BCUT2D eigenvalue weighted by molar-refractivity contribution is -0.125. The van der Waals surface area contributed by atoms with Crippen molar-refractivity contribution in [2.45, 2.75) is 38.3 Å². The van der Waals surface area contributed by atoms with Gasteiger partial charge >= 0.3 is 0 Å². The molecular formula is C14H18N2O. The SMILES string of the molecule is CC1(C)c2ccccc2N2CCC(=O)N[C@]21C. The van der Waals surface area contributed by atoms with Crippen molar-refractivity contribution in [1.82, 2.24) is 5.32 Å². The van der Waals surface area contributed by atoms with E-state index >= 15 is 0 Å². The second-order valence-corrected chi connectivity index (χ2v) is 5.66. The zero-order chi connectivity index (χ0) is 12.3. The average molecular weight is 230 g/mol. The van der Waals surface area contributed by atoms with E-state index in [1.807, 2.05) is 0 Å². The van der Waals surface area contributed by atoms with Crippen molar-refractivity contribution in [3.63, 3.8) is 0 Å². The van der Waals surface area contributed by atoms with Gasteiger partial charge in [-0.15, -0.1) is 0 Å². The van der Waals surface area contributed by atoms with E-state index in [0.717, 1.165) is 6.54 Å². The Morgan fingerprint density at radius 3 is 2.71 bits per heavy atom. The number of fused-ring (bicyclic) bond motifs is 3. The third-order valence-corrected chi connectivity index (χ3v) is 4.57. The van der Waals surface area contributed by atoms with Crippen LogP contribution in [0.15, 0.2) is 24.3 Å². The fourth-order valence-corrected chi connectivity index (χ4v) is 3.19. The minimum absolute atomic E-state index is 0.0698. The molecule has 1 fully saturated rings. The first kappa shape index (κ1) is 10.6. The number of para-hydroxylation sites is 1. The van der Waals surface area contributed by atoms with Gasteiger partial charge in [0.15, 0.2) is 0 Å². The quantitative estimate of drug-likeness (QED) is 0.739. The minimum atomic E-state index is -0.300. The Labute approximate surface area is 102 Å². The fourth-order valence-electron chi connectivity index (χ4n) is 3.19. The van der Waals surface area contributed by atoms with E-state index in [0.29, 0.717) is 6.42 Å². The van der Waals surface area contributed by atoms with Gasteiger partial charge in [0, 0.05) is 24.1 Å². The number of anilines is 1. The Morgan fingerprint density at radius 2 is 1.94 bits per heavy atom. The molecule has 1 aromatic carbocycles. The highest BCUT2D eigenvalue weighted by atomic mass is 16.2. The van der Waals surface area contributed by atoms with E-state index in [2.05, 4.69) is 55.3 Å². The largest absolute Gasteiger partial charge is 0.347 e. The number of carbonyl (C=O) groups excluding carboxylic acids is 1. The number of rotatable bonds is 0. The van der Waals surface area contributed by atoms with Crippen LogP contribution in [-0.2, 0) is 10.2 Å². The molecule has 3 heteroatoms. The molecule has 1 saturated heterocycles. The Bertz CT molecular complexity index is 495. The molecule has 17 heavy (non-hydrogen) atoms. The van der Waals surface area contributed by atoms with Crippen LogP contribution in [0.5, 0.6) is 0 Å². The number of carbonyl (C=O) groups is 1. The molecule has 0 unspecified atom stereocenters. The average Bonchev–Trinajstić information content (AvgIpc) is 2.45. The zero-order valence-corrected chi connectivity index (χ0v) is 10.6. The number of nitrogens with zero attached hydrogens (tertiary/aromatic N) is 1. The van der Waals surface area contributed by atoms with Crippen molar-refractivity contribution in [3.05, 3.63) is 29.8 Å². The van der Waals surface area contributed by atoms with Crippen LogP contribution < -0.4 is 10.2 Å². The number of amides is 1. The summed E-state index contributed by atoms with van der Waals surface area (Å²) < 4.78 is 0. The zero-order valence-electron chi connectivity index (χ0n) is 10.6. The normalized spacial score (nSPS) is 29.6. The molecule has 1 atom stereocenters. The maximum Gasteiger partial charge on any atom is 0.223 e. The number of nitrogens with one attached hydrogen (secondary N) is 1. The lowest BCUT2D eigenvalue weighted by Crippen LogP contribution is -2.68. The van der Waals surface area contributed by atoms with Crippen molar-refractivity contribution in [2.75, 3.05) is 11.4 Å².